The number of rotatable bonds is 4. The Balaban J connectivity index is 2.37. The molecule has 1 aliphatic rings. The molecule has 1 heterocycles. The minimum Gasteiger partial charge on any atom is -0.496 e. The Kier molecular flexibility index (Phi) is 4.69. The number of nitrogens with zero attached hydrogens (tertiary/aromatic N) is 1. The maximum atomic E-state index is 12.7. The molecule has 5 heteroatoms. The average Bonchev–Trinajstić information content (AvgIpc) is 2.93. The van der Waals surface area contributed by atoms with Gasteiger partial charge in [-0.1, -0.05) is 22.0 Å². The van der Waals surface area contributed by atoms with E-state index in [0.717, 1.165) is 24.7 Å². The highest BCUT2D eigenvalue weighted by Gasteiger charge is 2.31. The zero-order valence-corrected chi connectivity index (χ0v) is 12.8. The van der Waals surface area contributed by atoms with Crippen molar-refractivity contribution in [3.63, 3.8) is 0 Å². The number of methoxy groups -OCH3 is 2. The van der Waals surface area contributed by atoms with Gasteiger partial charge in [-0.25, -0.2) is 0 Å². The summed E-state index contributed by atoms with van der Waals surface area (Å²) >= 11 is 3.47. The summed E-state index contributed by atoms with van der Waals surface area (Å²) in [4.78, 5) is 14.6. The molecule has 0 N–H and O–H groups in total. The van der Waals surface area contributed by atoms with Crippen molar-refractivity contribution in [2.45, 2.75) is 18.9 Å². The Morgan fingerprint density at radius 2 is 2.00 bits per heavy atom. The van der Waals surface area contributed by atoms with Gasteiger partial charge in [0.05, 0.1) is 14.2 Å². The quantitative estimate of drug-likeness (QED) is 0.798. The van der Waals surface area contributed by atoms with E-state index < -0.39 is 0 Å². The molecule has 1 amide bonds. The fourth-order valence-electron chi connectivity index (χ4n) is 2.47. The van der Waals surface area contributed by atoms with E-state index in [1.54, 1.807) is 26.4 Å². The second-order valence-corrected chi connectivity index (χ2v) is 5.13. The first kappa shape index (κ1) is 14.2. The SMILES string of the molecule is COc1cccc(OC)c1C(=O)N1CCCC1CBr. The molecular weight excluding hydrogens is 310 g/mol. The number of benzene rings is 1. The summed E-state index contributed by atoms with van der Waals surface area (Å²) in [6.45, 7) is 0.788. The maximum absolute atomic E-state index is 12.7. The predicted octanol–water partition coefficient (Wildman–Crippen LogP) is 2.70. The Hall–Kier alpha value is -1.23. The monoisotopic (exact) mass is 327 g/mol. The third-order valence-corrected chi connectivity index (χ3v) is 4.21. The molecule has 1 aromatic carbocycles. The van der Waals surface area contributed by atoms with Crippen LogP contribution < -0.4 is 9.47 Å². The molecule has 104 valence electrons. The van der Waals surface area contributed by atoms with Crippen LogP contribution in [0.5, 0.6) is 11.5 Å². The van der Waals surface area contributed by atoms with Gasteiger partial charge in [0.25, 0.3) is 5.91 Å². The number of ether oxygens (including phenoxy) is 2. The van der Waals surface area contributed by atoms with Gasteiger partial charge in [0.1, 0.15) is 17.1 Å². The van der Waals surface area contributed by atoms with Gasteiger partial charge in [0, 0.05) is 17.9 Å². The Morgan fingerprint density at radius 3 is 2.53 bits per heavy atom. The van der Waals surface area contributed by atoms with Crippen molar-refractivity contribution in [1.29, 1.82) is 0 Å². The number of likely N-dealkylation sites (tertiary alicyclic amines) is 1. The van der Waals surface area contributed by atoms with Crippen LogP contribution in [0.2, 0.25) is 0 Å². The second kappa shape index (κ2) is 6.28. The second-order valence-electron chi connectivity index (χ2n) is 4.49. The first-order chi connectivity index (χ1) is 9.22. The lowest BCUT2D eigenvalue weighted by atomic mass is 10.1. The van der Waals surface area contributed by atoms with Crippen LogP contribution in [0.3, 0.4) is 0 Å². The number of carbonyl (C=O) groups is 1. The van der Waals surface area contributed by atoms with E-state index in [9.17, 15) is 4.79 Å². The summed E-state index contributed by atoms with van der Waals surface area (Å²) in [5.74, 6) is 1.10. The largest absolute Gasteiger partial charge is 0.496 e. The van der Waals surface area contributed by atoms with Crippen LogP contribution in [0.25, 0.3) is 0 Å². The number of hydrogen-bond donors (Lipinski definition) is 0. The van der Waals surface area contributed by atoms with Gasteiger partial charge in [-0.2, -0.15) is 0 Å². The molecule has 1 aliphatic heterocycles. The number of carbonyl (C=O) groups excluding carboxylic acids is 1. The molecule has 0 spiro atoms. The number of amides is 1. The first-order valence-corrected chi connectivity index (χ1v) is 7.43. The van der Waals surface area contributed by atoms with Gasteiger partial charge < -0.3 is 14.4 Å². The van der Waals surface area contributed by atoms with Gasteiger partial charge in [-0.15, -0.1) is 0 Å². The highest BCUT2D eigenvalue weighted by Crippen LogP contribution is 2.32. The molecule has 4 nitrogen and oxygen atoms in total. The molecule has 2 rings (SSSR count). The number of halogens is 1. The third kappa shape index (κ3) is 2.71. The van der Waals surface area contributed by atoms with Crippen LogP contribution in [-0.4, -0.2) is 42.9 Å². The molecule has 0 bridgehead atoms. The Morgan fingerprint density at radius 1 is 1.37 bits per heavy atom. The highest BCUT2D eigenvalue weighted by molar-refractivity contribution is 9.09. The van der Waals surface area contributed by atoms with E-state index >= 15 is 0 Å². The van der Waals surface area contributed by atoms with Crippen LogP contribution in [-0.2, 0) is 0 Å². The summed E-state index contributed by atoms with van der Waals surface area (Å²) in [6, 6.07) is 5.65. The fraction of sp³-hybridized carbons (Fsp3) is 0.500. The summed E-state index contributed by atoms with van der Waals surface area (Å²) in [6.07, 6.45) is 2.08. The van der Waals surface area contributed by atoms with Gasteiger partial charge in [-0.05, 0) is 25.0 Å². The zero-order chi connectivity index (χ0) is 13.8. The lowest BCUT2D eigenvalue weighted by molar-refractivity contribution is 0.0743. The molecule has 0 aromatic heterocycles. The van der Waals surface area contributed by atoms with Crippen molar-refractivity contribution in [1.82, 2.24) is 4.90 Å². The summed E-state index contributed by atoms with van der Waals surface area (Å²) < 4.78 is 10.6. The van der Waals surface area contributed by atoms with Gasteiger partial charge in [-0.3, -0.25) is 4.79 Å². The lowest BCUT2D eigenvalue weighted by Crippen LogP contribution is -2.36. The van der Waals surface area contributed by atoms with Gasteiger partial charge in [0.15, 0.2) is 0 Å². The highest BCUT2D eigenvalue weighted by atomic mass is 79.9. The standard InChI is InChI=1S/C14H18BrNO3/c1-18-11-6-3-7-12(19-2)13(11)14(17)16-8-4-5-10(16)9-15/h3,6-7,10H,4-5,8-9H2,1-2H3. The van der Waals surface area contributed by atoms with Crippen molar-refractivity contribution in [2.24, 2.45) is 0 Å². The first-order valence-electron chi connectivity index (χ1n) is 6.30. The molecule has 1 aromatic rings. The topological polar surface area (TPSA) is 38.8 Å². The van der Waals surface area contributed by atoms with Crippen molar-refractivity contribution < 1.29 is 14.3 Å². The van der Waals surface area contributed by atoms with E-state index in [-0.39, 0.29) is 11.9 Å². The van der Waals surface area contributed by atoms with E-state index in [1.807, 2.05) is 11.0 Å². The smallest absolute Gasteiger partial charge is 0.261 e. The van der Waals surface area contributed by atoms with Gasteiger partial charge in [0.2, 0.25) is 0 Å². The molecule has 1 saturated heterocycles. The van der Waals surface area contributed by atoms with Crippen LogP contribution >= 0.6 is 15.9 Å². The van der Waals surface area contributed by atoms with E-state index in [2.05, 4.69) is 15.9 Å². The summed E-state index contributed by atoms with van der Waals surface area (Å²) in [5.41, 5.74) is 0.514. The maximum Gasteiger partial charge on any atom is 0.261 e. The number of alkyl halides is 1. The number of hydrogen-bond acceptors (Lipinski definition) is 3. The minimum absolute atomic E-state index is 0.0174. The van der Waals surface area contributed by atoms with Crippen molar-refractivity contribution in [2.75, 3.05) is 26.1 Å². The van der Waals surface area contributed by atoms with Crippen LogP contribution in [0, 0.1) is 0 Å². The molecule has 0 aliphatic carbocycles. The predicted molar refractivity (Wildman–Crippen MR) is 77.4 cm³/mol. The normalized spacial score (nSPS) is 18.5. The van der Waals surface area contributed by atoms with Crippen LogP contribution in [0.1, 0.15) is 23.2 Å². The van der Waals surface area contributed by atoms with E-state index in [0.29, 0.717) is 17.1 Å². The fourth-order valence-corrected chi connectivity index (χ4v) is 3.14. The van der Waals surface area contributed by atoms with Crippen LogP contribution in [0.15, 0.2) is 18.2 Å². The van der Waals surface area contributed by atoms with E-state index in [1.165, 1.54) is 0 Å². The molecule has 1 fully saturated rings. The van der Waals surface area contributed by atoms with E-state index in [4.69, 9.17) is 9.47 Å². The minimum atomic E-state index is -0.0174. The third-order valence-electron chi connectivity index (χ3n) is 3.46. The van der Waals surface area contributed by atoms with Crippen molar-refractivity contribution in [3.8, 4) is 11.5 Å². The molecule has 19 heavy (non-hydrogen) atoms. The molecular formula is C14H18BrNO3. The van der Waals surface area contributed by atoms with Crippen molar-refractivity contribution in [3.05, 3.63) is 23.8 Å². The van der Waals surface area contributed by atoms with Crippen LogP contribution in [0.4, 0.5) is 0 Å². The van der Waals surface area contributed by atoms with Gasteiger partial charge >= 0.3 is 0 Å². The Bertz CT molecular complexity index is 442. The molecule has 1 unspecified atom stereocenters. The lowest BCUT2D eigenvalue weighted by Gasteiger charge is -2.24. The summed E-state index contributed by atoms with van der Waals surface area (Å²) in [7, 11) is 3.13. The molecule has 0 saturated carbocycles. The van der Waals surface area contributed by atoms with Crippen molar-refractivity contribution >= 4 is 21.8 Å². The zero-order valence-electron chi connectivity index (χ0n) is 11.2. The molecule has 0 radical (unpaired) electrons. The Labute approximate surface area is 121 Å². The summed E-state index contributed by atoms with van der Waals surface area (Å²) in [5, 5.41) is 0.802. The average molecular weight is 328 g/mol. The molecule has 1 atom stereocenters.